The van der Waals surface area contributed by atoms with E-state index in [0.29, 0.717) is 19.8 Å². The van der Waals surface area contributed by atoms with E-state index in [1.807, 2.05) is 12.1 Å². The van der Waals surface area contributed by atoms with Crippen LogP contribution in [0.4, 0.5) is 0 Å². The van der Waals surface area contributed by atoms with Gasteiger partial charge >= 0.3 is 0 Å². The van der Waals surface area contributed by atoms with E-state index < -0.39 is 6.04 Å². The number of hydrogen-bond acceptors (Lipinski definition) is 3. The Morgan fingerprint density at radius 1 is 1.00 bits per heavy atom. The van der Waals surface area contributed by atoms with Crippen molar-refractivity contribution in [2.75, 3.05) is 19.8 Å². The van der Waals surface area contributed by atoms with Crippen molar-refractivity contribution in [2.24, 2.45) is 11.7 Å². The zero-order valence-electron chi connectivity index (χ0n) is 15.6. The van der Waals surface area contributed by atoms with Gasteiger partial charge in [0.15, 0.2) is 0 Å². The molecule has 0 spiro atoms. The molecule has 0 bridgehead atoms. The van der Waals surface area contributed by atoms with Gasteiger partial charge in [-0.15, -0.1) is 12.4 Å². The van der Waals surface area contributed by atoms with Crippen LogP contribution in [0, 0.1) is 5.92 Å². The first kappa shape index (κ1) is 21.4. The summed E-state index contributed by atoms with van der Waals surface area (Å²) in [6.07, 6.45) is 2.58. The Hall–Kier alpha value is -1.88. The van der Waals surface area contributed by atoms with E-state index in [1.54, 1.807) is 0 Å². The van der Waals surface area contributed by atoms with Crippen LogP contribution in [-0.2, 0) is 9.53 Å². The lowest BCUT2D eigenvalue weighted by molar-refractivity contribution is -0.124. The number of hydrogen-bond donors (Lipinski definition) is 2. The molecule has 1 atom stereocenters. The lowest BCUT2D eigenvalue weighted by atomic mass is 9.88. The molecule has 1 saturated heterocycles. The molecule has 2 aromatic carbocycles. The van der Waals surface area contributed by atoms with Gasteiger partial charge in [-0.3, -0.25) is 4.79 Å². The molecule has 0 saturated carbocycles. The van der Waals surface area contributed by atoms with Crippen molar-refractivity contribution in [3.8, 4) is 0 Å². The Morgan fingerprint density at radius 2 is 1.52 bits per heavy atom. The molecule has 146 valence electrons. The number of halogens is 1. The molecule has 1 fully saturated rings. The van der Waals surface area contributed by atoms with E-state index in [1.165, 1.54) is 11.1 Å². The molecular weight excluding hydrogens is 360 g/mol. The van der Waals surface area contributed by atoms with Gasteiger partial charge in [0.2, 0.25) is 5.91 Å². The molecule has 1 aliphatic heterocycles. The summed E-state index contributed by atoms with van der Waals surface area (Å²) in [6.45, 7) is 2.02. The summed E-state index contributed by atoms with van der Waals surface area (Å²) >= 11 is 0. The van der Waals surface area contributed by atoms with Gasteiger partial charge in [0.05, 0.1) is 6.04 Å². The van der Waals surface area contributed by atoms with Crippen LogP contribution in [0.1, 0.15) is 36.3 Å². The summed E-state index contributed by atoms with van der Waals surface area (Å²) in [5, 5.41) is 3.04. The molecule has 3 N–H and O–H groups in total. The van der Waals surface area contributed by atoms with E-state index in [2.05, 4.69) is 53.8 Å². The summed E-state index contributed by atoms with van der Waals surface area (Å²) in [5.41, 5.74) is 8.69. The van der Waals surface area contributed by atoms with Crippen LogP contribution in [0.5, 0.6) is 0 Å². The maximum atomic E-state index is 12.4. The van der Waals surface area contributed by atoms with Crippen LogP contribution in [0.3, 0.4) is 0 Å². The molecule has 0 aromatic heterocycles. The second-order valence-electron chi connectivity index (χ2n) is 6.93. The minimum absolute atomic E-state index is 0. The summed E-state index contributed by atoms with van der Waals surface area (Å²) < 4.78 is 5.35. The van der Waals surface area contributed by atoms with Crippen molar-refractivity contribution < 1.29 is 9.53 Å². The van der Waals surface area contributed by atoms with Gasteiger partial charge in [0.25, 0.3) is 0 Å². The maximum Gasteiger partial charge on any atom is 0.237 e. The Bertz CT molecular complexity index is 636. The summed E-state index contributed by atoms with van der Waals surface area (Å²) in [5.74, 6) is 0.441. The second-order valence-corrected chi connectivity index (χ2v) is 6.93. The van der Waals surface area contributed by atoms with Gasteiger partial charge in [-0.05, 0) is 36.3 Å². The summed E-state index contributed by atoms with van der Waals surface area (Å²) in [7, 11) is 0. The number of carbonyl (C=O) groups excluding carboxylic acids is 1. The zero-order chi connectivity index (χ0) is 18.2. The highest BCUT2D eigenvalue weighted by molar-refractivity contribution is 5.85. The van der Waals surface area contributed by atoms with Crippen LogP contribution >= 0.6 is 12.4 Å². The van der Waals surface area contributed by atoms with E-state index in [4.69, 9.17) is 10.5 Å². The minimum Gasteiger partial charge on any atom is -0.381 e. The molecule has 1 amide bonds. The monoisotopic (exact) mass is 388 g/mol. The Kier molecular flexibility index (Phi) is 8.79. The van der Waals surface area contributed by atoms with Gasteiger partial charge in [0.1, 0.15) is 0 Å². The Balaban J connectivity index is 0.00000261. The standard InChI is InChI=1S/C22H28N2O2.ClH/c23-21(19-12-15-26-16-13-19)22(25)24-14-11-20(17-7-3-1-4-8-17)18-9-5-2-6-10-18;/h1-10,19-21H,11-16,23H2,(H,24,25);1H. The molecule has 1 unspecified atom stereocenters. The molecule has 1 heterocycles. The largest absolute Gasteiger partial charge is 0.381 e. The predicted octanol–water partition coefficient (Wildman–Crippen LogP) is 3.50. The summed E-state index contributed by atoms with van der Waals surface area (Å²) in [6, 6.07) is 20.4. The van der Waals surface area contributed by atoms with Crippen LogP contribution in [0.2, 0.25) is 0 Å². The third-order valence-electron chi connectivity index (χ3n) is 5.21. The smallest absolute Gasteiger partial charge is 0.237 e. The van der Waals surface area contributed by atoms with Crippen molar-refractivity contribution in [1.82, 2.24) is 5.32 Å². The number of ether oxygens (including phenoxy) is 1. The molecule has 3 rings (SSSR count). The third-order valence-corrected chi connectivity index (χ3v) is 5.21. The molecule has 27 heavy (non-hydrogen) atoms. The fourth-order valence-corrected chi connectivity index (χ4v) is 3.64. The molecule has 0 aliphatic carbocycles. The molecule has 0 radical (unpaired) electrons. The van der Waals surface area contributed by atoms with E-state index >= 15 is 0 Å². The Labute approximate surface area is 167 Å². The topological polar surface area (TPSA) is 64.4 Å². The quantitative estimate of drug-likeness (QED) is 0.762. The fraction of sp³-hybridized carbons (Fsp3) is 0.409. The highest BCUT2D eigenvalue weighted by Gasteiger charge is 2.26. The van der Waals surface area contributed by atoms with Crippen molar-refractivity contribution in [2.45, 2.75) is 31.2 Å². The minimum atomic E-state index is -0.439. The fourth-order valence-electron chi connectivity index (χ4n) is 3.64. The first-order valence-corrected chi connectivity index (χ1v) is 9.46. The second kappa shape index (κ2) is 11.1. The maximum absolute atomic E-state index is 12.4. The number of amides is 1. The van der Waals surface area contributed by atoms with Gasteiger partial charge in [-0.1, -0.05) is 60.7 Å². The van der Waals surface area contributed by atoms with Crippen molar-refractivity contribution in [1.29, 1.82) is 0 Å². The average molecular weight is 389 g/mol. The van der Waals surface area contributed by atoms with Crippen LogP contribution in [-0.4, -0.2) is 31.7 Å². The zero-order valence-corrected chi connectivity index (χ0v) is 16.4. The number of benzene rings is 2. The lowest BCUT2D eigenvalue weighted by Crippen LogP contribution is -2.47. The third kappa shape index (κ3) is 6.06. The van der Waals surface area contributed by atoms with E-state index in [9.17, 15) is 4.79 Å². The highest BCUT2D eigenvalue weighted by Crippen LogP contribution is 2.27. The van der Waals surface area contributed by atoms with Crippen LogP contribution in [0.25, 0.3) is 0 Å². The highest BCUT2D eigenvalue weighted by atomic mass is 35.5. The van der Waals surface area contributed by atoms with Crippen LogP contribution in [0.15, 0.2) is 60.7 Å². The van der Waals surface area contributed by atoms with Gasteiger partial charge < -0.3 is 15.8 Å². The number of carbonyl (C=O) groups is 1. The first-order valence-electron chi connectivity index (χ1n) is 9.46. The van der Waals surface area contributed by atoms with Gasteiger partial charge in [-0.2, -0.15) is 0 Å². The van der Waals surface area contributed by atoms with Crippen molar-refractivity contribution in [3.05, 3.63) is 71.8 Å². The summed E-state index contributed by atoms with van der Waals surface area (Å²) in [4.78, 5) is 12.4. The SMILES string of the molecule is Cl.NC(C(=O)NCCC(c1ccccc1)c1ccccc1)C1CCOCC1. The average Bonchev–Trinajstić information content (AvgIpc) is 2.72. The first-order chi connectivity index (χ1) is 12.8. The number of rotatable bonds is 7. The Morgan fingerprint density at radius 3 is 2.04 bits per heavy atom. The molecule has 4 nitrogen and oxygen atoms in total. The number of nitrogens with two attached hydrogens (primary N) is 1. The normalized spacial score (nSPS) is 15.8. The van der Waals surface area contributed by atoms with Crippen LogP contribution < -0.4 is 11.1 Å². The lowest BCUT2D eigenvalue weighted by Gasteiger charge is -2.27. The molecule has 2 aromatic rings. The van der Waals surface area contributed by atoms with Gasteiger partial charge in [-0.25, -0.2) is 0 Å². The molecule has 1 aliphatic rings. The predicted molar refractivity (Wildman–Crippen MR) is 111 cm³/mol. The van der Waals surface area contributed by atoms with Crippen molar-refractivity contribution >= 4 is 18.3 Å². The van der Waals surface area contributed by atoms with Crippen molar-refractivity contribution in [3.63, 3.8) is 0 Å². The number of nitrogens with one attached hydrogen (secondary N) is 1. The molecular formula is C22H29ClN2O2. The van der Waals surface area contributed by atoms with E-state index in [-0.39, 0.29) is 30.2 Å². The van der Waals surface area contributed by atoms with E-state index in [0.717, 1.165) is 19.3 Å². The molecule has 5 heteroatoms. The van der Waals surface area contributed by atoms with Gasteiger partial charge in [0, 0.05) is 25.7 Å².